The number of aromatic nitrogens is 2. The summed E-state index contributed by atoms with van der Waals surface area (Å²) < 4.78 is 25.3. The number of ketones is 1. The second-order valence-electron chi connectivity index (χ2n) is 5.89. The van der Waals surface area contributed by atoms with Crippen LogP contribution in [0.5, 0.6) is 11.5 Å². The first-order valence-corrected chi connectivity index (χ1v) is 10.4. The molecule has 0 aliphatic carbocycles. The van der Waals surface area contributed by atoms with Crippen molar-refractivity contribution in [1.29, 1.82) is 0 Å². The number of rotatable bonds is 7. The molecule has 0 bridgehead atoms. The highest BCUT2D eigenvalue weighted by molar-refractivity contribution is 8.00. The van der Waals surface area contributed by atoms with Crippen molar-refractivity contribution < 1.29 is 18.7 Å². The second-order valence-corrected chi connectivity index (χ2v) is 8.09. The van der Waals surface area contributed by atoms with Crippen molar-refractivity contribution >= 4 is 34.0 Å². The van der Waals surface area contributed by atoms with Crippen LogP contribution in [-0.4, -0.2) is 35.7 Å². The maximum Gasteiger partial charge on any atom is 0.206 e. The van der Waals surface area contributed by atoms with Crippen LogP contribution in [0, 0.1) is 5.82 Å². The molecule has 0 amide bonds. The van der Waals surface area contributed by atoms with Crippen molar-refractivity contribution in [2.24, 2.45) is 0 Å². The summed E-state index contributed by atoms with van der Waals surface area (Å²) in [5, 5.41) is 11.6. The molecule has 1 aliphatic heterocycles. The van der Waals surface area contributed by atoms with Crippen molar-refractivity contribution in [2.45, 2.75) is 10.1 Å². The number of Topliss-reactive ketones (excluding diaryl/α,β-unsaturated/α-hetero) is 1. The lowest BCUT2D eigenvalue weighted by Crippen LogP contribution is -2.17. The Morgan fingerprint density at radius 2 is 1.96 bits per heavy atom. The van der Waals surface area contributed by atoms with E-state index in [0.29, 0.717) is 51.1 Å². The van der Waals surface area contributed by atoms with E-state index in [1.807, 2.05) is 0 Å². The number of thioether (sulfide) groups is 1. The molecule has 2 aromatic carbocycles. The smallest absolute Gasteiger partial charge is 0.206 e. The van der Waals surface area contributed by atoms with Crippen LogP contribution in [0.2, 0.25) is 0 Å². The normalized spacial score (nSPS) is 12.6. The van der Waals surface area contributed by atoms with Gasteiger partial charge in [-0.15, -0.1) is 10.2 Å². The summed E-state index contributed by atoms with van der Waals surface area (Å²) in [5.41, 5.74) is 1.15. The van der Waals surface area contributed by atoms with E-state index in [4.69, 9.17) is 9.47 Å². The predicted molar refractivity (Wildman–Crippen MR) is 106 cm³/mol. The number of hydrogen-bond acceptors (Lipinski definition) is 8. The van der Waals surface area contributed by atoms with Gasteiger partial charge in [-0.05, 0) is 29.8 Å². The zero-order chi connectivity index (χ0) is 19.3. The number of nitrogens with one attached hydrogen (secondary N) is 1. The highest BCUT2D eigenvalue weighted by Gasteiger charge is 2.15. The molecule has 6 nitrogen and oxygen atoms in total. The molecule has 0 saturated heterocycles. The second kappa shape index (κ2) is 8.57. The molecule has 0 fully saturated rings. The Bertz CT molecular complexity index is 996. The third-order valence-corrected chi connectivity index (χ3v) is 6.04. The van der Waals surface area contributed by atoms with Crippen LogP contribution in [0.15, 0.2) is 46.8 Å². The van der Waals surface area contributed by atoms with Gasteiger partial charge in [-0.25, -0.2) is 4.39 Å². The molecular weight excluding hydrogens is 401 g/mol. The Hall–Kier alpha value is -2.65. The minimum atomic E-state index is -0.233. The maximum atomic E-state index is 13.7. The first-order chi connectivity index (χ1) is 13.7. The zero-order valence-corrected chi connectivity index (χ0v) is 16.3. The number of ether oxygens (including phenoxy) is 2. The van der Waals surface area contributed by atoms with Gasteiger partial charge in [0.1, 0.15) is 19.0 Å². The third-order valence-electron chi connectivity index (χ3n) is 3.98. The number of anilines is 1. The molecule has 1 aromatic heterocycles. The summed E-state index contributed by atoms with van der Waals surface area (Å²) in [6.07, 6.45) is 0. The minimum Gasteiger partial charge on any atom is -0.486 e. The van der Waals surface area contributed by atoms with Gasteiger partial charge >= 0.3 is 0 Å². The van der Waals surface area contributed by atoms with Gasteiger partial charge in [-0.2, -0.15) is 0 Å². The number of halogens is 1. The van der Waals surface area contributed by atoms with E-state index in [0.717, 1.165) is 0 Å². The lowest BCUT2D eigenvalue weighted by molar-refractivity contribution is 0.100. The summed E-state index contributed by atoms with van der Waals surface area (Å²) in [5.74, 6) is 1.38. The van der Waals surface area contributed by atoms with Crippen LogP contribution < -0.4 is 14.8 Å². The number of benzene rings is 2. The first-order valence-electron chi connectivity index (χ1n) is 8.55. The van der Waals surface area contributed by atoms with Crippen molar-refractivity contribution in [2.75, 3.05) is 25.1 Å². The van der Waals surface area contributed by atoms with Crippen LogP contribution in [0.4, 0.5) is 9.52 Å². The van der Waals surface area contributed by atoms with E-state index in [2.05, 4.69) is 15.5 Å². The van der Waals surface area contributed by atoms with Crippen LogP contribution >= 0.6 is 23.1 Å². The van der Waals surface area contributed by atoms with E-state index in [1.165, 1.54) is 29.2 Å². The fraction of sp³-hybridized carbons (Fsp3) is 0.211. The molecule has 0 spiro atoms. The molecule has 1 N–H and O–H groups in total. The Kier molecular flexibility index (Phi) is 5.73. The molecule has 28 heavy (non-hydrogen) atoms. The van der Waals surface area contributed by atoms with E-state index in [9.17, 15) is 9.18 Å². The number of fused-ring (bicyclic) bond motifs is 1. The first kappa shape index (κ1) is 18.7. The van der Waals surface area contributed by atoms with Crippen LogP contribution in [-0.2, 0) is 5.75 Å². The van der Waals surface area contributed by atoms with Gasteiger partial charge in [-0.1, -0.05) is 41.3 Å². The van der Waals surface area contributed by atoms with Crippen LogP contribution in [0.3, 0.4) is 0 Å². The Balaban J connectivity index is 1.32. The number of carbonyl (C=O) groups is 1. The molecule has 4 rings (SSSR count). The lowest BCUT2D eigenvalue weighted by atomic mass is 10.1. The van der Waals surface area contributed by atoms with Gasteiger partial charge in [0.15, 0.2) is 21.6 Å². The molecule has 0 saturated carbocycles. The number of nitrogens with zero attached hydrogens (tertiary/aromatic N) is 2. The summed E-state index contributed by atoms with van der Waals surface area (Å²) >= 11 is 2.73. The van der Waals surface area contributed by atoms with Gasteiger partial charge in [0.25, 0.3) is 0 Å². The Morgan fingerprint density at radius 1 is 1.14 bits per heavy atom. The monoisotopic (exact) mass is 417 g/mol. The van der Waals surface area contributed by atoms with E-state index >= 15 is 0 Å². The average Bonchev–Trinajstić information content (AvgIpc) is 3.19. The van der Waals surface area contributed by atoms with E-state index in [-0.39, 0.29) is 18.1 Å². The number of carbonyl (C=O) groups excluding carboxylic acids is 1. The summed E-state index contributed by atoms with van der Waals surface area (Å²) in [7, 11) is 0. The zero-order valence-electron chi connectivity index (χ0n) is 14.7. The predicted octanol–water partition coefficient (Wildman–Crippen LogP) is 4.04. The van der Waals surface area contributed by atoms with Crippen molar-refractivity contribution in [3.63, 3.8) is 0 Å². The van der Waals surface area contributed by atoms with Gasteiger partial charge < -0.3 is 14.8 Å². The van der Waals surface area contributed by atoms with Gasteiger partial charge in [0, 0.05) is 11.3 Å². The standard InChI is InChI=1S/C19H16FN3O3S2/c20-14-4-2-1-3-13(14)11-27-19-23-22-18(28-19)21-10-15(24)12-5-6-16-17(9-12)26-8-7-25-16/h1-6,9H,7-8,10-11H2,(H,21,22). The third kappa shape index (κ3) is 4.42. The van der Waals surface area contributed by atoms with Crippen LogP contribution in [0.25, 0.3) is 0 Å². The molecule has 0 radical (unpaired) electrons. The van der Waals surface area contributed by atoms with Crippen molar-refractivity contribution in [3.8, 4) is 11.5 Å². The van der Waals surface area contributed by atoms with Crippen LogP contribution in [0.1, 0.15) is 15.9 Å². The largest absolute Gasteiger partial charge is 0.486 e. The highest BCUT2D eigenvalue weighted by atomic mass is 32.2. The molecule has 2 heterocycles. The van der Waals surface area contributed by atoms with E-state index < -0.39 is 0 Å². The maximum absolute atomic E-state index is 13.7. The Morgan fingerprint density at radius 3 is 2.82 bits per heavy atom. The molecular formula is C19H16FN3O3S2. The summed E-state index contributed by atoms with van der Waals surface area (Å²) in [6, 6.07) is 11.8. The van der Waals surface area contributed by atoms with Crippen molar-refractivity contribution in [3.05, 3.63) is 59.4 Å². The lowest BCUT2D eigenvalue weighted by Gasteiger charge is -2.18. The summed E-state index contributed by atoms with van der Waals surface area (Å²) in [6.45, 7) is 1.07. The fourth-order valence-electron chi connectivity index (χ4n) is 2.57. The van der Waals surface area contributed by atoms with Gasteiger partial charge in [0.2, 0.25) is 5.13 Å². The molecule has 0 atom stereocenters. The molecule has 3 aromatic rings. The Labute approximate surface area is 169 Å². The van der Waals surface area contributed by atoms with Gasteiger partial charge in [0.05, 0.1) is 6.54 Å². The number of hydrogen-bond donors (Lipinski definition) is 1. The highest BCUT2D eigenvalue weighted by Crippen LogP contribution is 2.31. The topological polar surface area (TPSA) is 73.3 Å². The summed E-state index contributed by atoms with van der Waals surface area (Å²) in [4.78, 5) is 12.4. The average molecular weight is 417 g/mol. The van der Waals surface area contributed by atoms with Gasteiger partial charge in [-0.3, -0.25) is 4.79 Å². The molecule has 0 unspecified atom stereocenters. The molecule has 9 heteroatoms. The molecule has 144 valence electrons. The minimum absolute atomic E-state index is 0.0895. The quantitative estimate of drug-likeness (QED) is 0.459. The fourth-order valence-corrected chi connectivity index (χ4v) is 4.30. The van der Waals surface area contributed by atoms with Crippen molar-refractivity contribution in [1.82, 2.24) is 10.2 Å². The molecule has 1 aliphatic rings. The van der Waals surface area contributed by atoms with E-state index in [1.54, 1.807) is 36.4 Å². The SMILES string of the molecule is O=C(CNc1nnc(SCc2ccccc2F)s1)c1ccc2c(c1)OCCO2.